The van der Waals surface area contributed by atoms with Crippen molar-refractivity contribution in [3.8, 4) is 33.4 Å². The molecule has 0 fully saturated rings. The Bertz CT molecular complexity index is 2230. The number of fused-ring (bicyclic) bond motifs is 3. The molecule has 0 unspecified atom stereocenters. The van der Waals surface area contributed by atoms with Gasteiger partial charge < -0.3 is 0 Å². The van der Waals surface area contributed by atoms with E-state index < -0.39 is 0 Å². The highest BCUT2D eigenvalue weighted by molar-refractivity contribution is 6.23. The quantitative estimate of drug-likeness (QED) is 0.146. The molecule has 0 aliphatic rings. The molecule has 0 saturated heterocycles. The number of benzene rings is 8. The first-order valence-electron chi connectivity index (χ1n) is 15.2. The van der Waals surface area contributed by atoms with Gasteiger partial charge in [0, 0.05) is 0 Å². The smallest absolute Gasteiger partial charge is 0.00201 e. The first kappa shape index (κ1) is 25.9. The molecule has 0 N–H and O–H groups in total. The van der Waals surface area contributed by atoms with Gasteiger partial charge in [0.15, 0.2) is 0 Å². The summed E-state index contributed by atoms with van der Waals surface area (Å²) in [5, 5.41) is 7.65. The molecular formula is C44H30. The normalized spacial score (nSPS) is 11.5. The summed E-state index contributed by atoms with van der Waals surface area (Å²) in [6, 6.07) is 61.4. The molecule has 0 saturated carbocycles. The predicted octanol–water partition coefficient (Wildman–Crippen LogP) is 12.3. The zero-order valence-corrected chi connectivity index (χ0v) is 24.3. The number of rotatable bonds is 5. The fourth-order valence-electron chi connectivity index (χ4n) is 6.54. The summed E-state index contributed by atoms with van der Waals surface area (Å²) in [4.78, 5) is 0. The van der Waals surface area contributed by atoms with Crippen LogP contribution in [0.5, 0.6) is 0 Å². The van der Waals surface area contributed by atoms with E-state index in [1.807, 2.05) is 0 Å². The molecule has 0 nitrogen and oxygen atoms in total. The molecule has 0 atom stereocenters. The Morgan fingerprint density at radius 2 is 0.705 bits per heavy atom. The minimum absolute atomic E-state index is 1.18. The second kappa shape index (κ2) is 11.2. The van der Waals surface area contributed by atoms with E-state index in [0.717, 1.165) is 0 Å². The minimum atomic E-state index is 1.18. The van der Waals surface area contributed by atoms with Crippen LogP contribution in [0.25, 0.3) is 77.9 Å². The summed E-state index contributed by atoms with van der Waals surface area (Å²) in [5.41, 5.74) is 9.94. The topological polar surface area (TPSA) is 0 Å². The molecule has 0 radical (unpaired) electrons. The van der Waals surface area contributed by atoms with E-state index in [2.05, 4.69) is 182 Å². The van der Waals surface area contributed by atoms with Crippen LogP contribution in [-0.4, -0.2) is 0 Å². The minimum Gasteiger partial charge on any atom is -0.0622 e. The Morgan fingerprint density at radius 3 is 1.30 bits per heavy atom. The van der Waals surface area contributed by atoms with Gasteiger partial charge in [-0.2, -0.15) is 0 Å². The van der Waals surface area contributed by atoms with E-state index in [1.54, 1.807) is 0 Å². The van der Waals surface area contributed by atoms with Crippen molar-refractivity contribution in [1.29, 1.82) is 0 Å². The molecule has 0 heterocycles. The van der Waals surface area contributed by atoms with E-state index >= 15 is 0 Å². The van der Waals surface area contributed by atoms with Gasteiger partial charge in [0.2, 0.25) is 0 Å². The Morgan fingerprint density at radius 1 is 0.273 bits per heavy atom. The molecule has 0 spiro atoms. The zero-order valence-electron chi connectivity index (χ0n) is 24.3. The van der Waals surface area contributed by atoms with Crippen LogP contribution in [0, 0.1) is 0 Å². The average Bonchev–Trinajstić information content (AvgIpc) is 3.10. The molecule has 0 aliphatic carbocycles. The van der Waals surface area contributed by atoms with Gasteiger partial charge in [0.1, 0.15) is 0 Å². The number of hydrogen-bond acceptors (Lipinski definition) is 0. The standard InChI is InChI=1S/C44H30/c1-2-11-33(12-3-1)34-27-23-31(24-28-34)21-22-32-25-29-36(30-26-32)43-39-16-6-8-18-41(39)44(42-19-9-7-17-40(42)43)38-20-10-14-35-13-4-5-15-37(35)38/h1-30H. The third-order valence-electron chi connectivity index (χ3n) is 8.68. The van der Waals surface area contributed by atoms with Crippen LogP contribution in [-0.2, 0) is 0 Å². The first-order chi connectivity index (χ1) is 21.8. The Balaban J connectivity index is 1.20. The second-order valence-electron chi connectivity index (χ2n) is 11.3. The summed E-state index contributed by atoms with van der Waals surface area (Å²) in [7, 11) is 0. The van der Waals surface area contributed by atoms with E-state index in [1.165, 1.54) is 76.8 Å². The number of hydrogen-bond donors (Lipinski definition) is 0. The highest BCUT2D eigenvalue weighted by Crippen LogP contribution is 2.45. The molecule has 206 valence electrons. The summed E-state index contributed by atoms with van der Waals surface area (Å²) in [6.07, 6.45) is 4.38. The van der Waals surface area contributed by atoms with Crippen molar-refractivity contribution >= 4 is 44.5 Å². The molecule has 0 aromatic heterocycles. The van der Waals surface area contributed by atoms with Crippen molar-refractivity contribution in [1.82, 2.24) is 0 Å². The molecule has 8 aromatic rings. The largest absolute Gasteiger partial charge is 0.0622 e. The maximum Gasteiger partial charge on any atom is -0.00201 e. The third-order valence-corrected chi connectivity index (χ3v) is 8.68. The average molecular weight is 559 g/mol. The monoisotopic (exact) mass is 558 g/mol. The SMILES string of the molecule is C(=Cc1ccc(-c2c3ccccc3c(-c3cccc4ccccc34)c3ccccc23)cc1)c1ccc(-c2ccccc2)cc1. The fourth-order valence-corrected chi connectivity index (χ4v) is 6.54. The Labute approximate surface area is 258 Å². The van der Waals surface area contributed by atoms with Gasteiger partial charge in [-0.25, -0.2) is 0 Å². The maximum atomic E-state index is 2.28. The van der Waals surface area contributed by atoms with Crippen LogP contribution >= 0.6 is 0 Å². The van der Waals surface area contributed by atoms with Crippen LogP contribution in [0.4, 0.5) is 0 Å². The van der Waals surface area contributed by atoms with Gasteiger partial charge in [-0.3, -0.25) is 0 Å². The zero-order chi connectivity index (χ0) is 29.3. The van der Waals surface area contributed by atoms with Crippen molar-refractivity contribution in [3.05, 3.63) is 181 Å². The van der Waals surface area contributed by atoms with Crippen molar-refractivity contribution < 1.29 is 0 Å². The lowest BCUT2D eigenvalue weighted by atomic mass is 9.84. The fraction of sp³-hybridized carbons (Fsp3) is 0. The highest BCUT2D eigenvalue weighted by atomic mass is 14.2. The van der Waals surface area contributed by atoms with E-state index in [-0.39, 0.29) is 0 Å². The van der Waals surface area contributed by atoms with Crippen LogP contribution < -0.4 is 0 Å². The third kappa shape index (κ3) is 4.68. The van der Waals surface area contributed by atoms with Gasteiger partial charge in [0.25, 0.3) is 0 Å². The van der Waals surface area contributed by atoms with Crippen LogP contribution in [0.2, 0.25) is 0 Å². The molecule has 44 heavy (non-hydrogen) atoms. The summed E-state index contributed by atoms with van der Waals surface area (Å²) >= 11 is 0. The van der Waals surface area contributed by atoms with Crippen molar-refractivity contribution in [2.45, 2.75) is 0 Å². The van der Waals surface area contributed by atoms with E-state index in [9.17, 15) is 0 Å². The van der Waals surface area contributed by atoms with Gasteiger partial charge in [0.05, 0.1) is 0 Å². The summed E-state index contributed by atoms with van der Waals surface area (Å²) in [5.74, 6) is 0. The van der Waals surface area contributed by atoms with Gasteiger partial charge >= 0.3 is 0 Å². The molecule has 0 bridgehead atoms. The van der Waals surface area contributed by atoms with E-state index in [4.69, 9.17) is 0 Å². The van der Waals surface area contributed by atoms with Gasteiger partial charge in [-0.15, -0.1) is 0 Å². The lowest BCUT2D eigenvalue weighted by Gasteiger charge is -2.18. The molecule has 8 aromatic carbocycles. The highest BCUT2D eigenvalue weighted by Gasteiger charge is 2.17. The Hall–Kier alpha value is -5.72. The molecule has 0 aliphatic heterocycles. The molecular weight excluding hydrogens is 528 g/mol. The van der Waals surface area contributed by atoms with Crippen LogP contribution in [0.1, 0.15) is 11.1 Å². The summed E-state index contributed by atoms with van der Waals surface area (Å²) < 4.78 is 0. The lowest BCUT2D eigenvalue weighted by molar-refractivity contribution is 1.60. The molecule has 0 amide bonds. The second-order valence-corrected chi connectivity index (χ2v) is 11.3. The molecule has 8 rings (SSSR count). The molecule has 0 heteroatoms. The van der Waals surface area contributed by atoms with Gasteiger partial charge in [-0.05, 0) is 76.8 Å². The predicted molar refractivity (Wildman–Crippen MR) is 191 cm³/mol. The Kier molecular flexibility index (Phi) is 6.59. The van der Waals surface area contributed by atoms with Crippen LogP contribution in [0.3, 0.4) is 0 Å². The van der Waals surface area contributed by atoms with Crippen molar-refractivity contribution in [2.24, 2.45) is 0 Å². The van der Waals surface area contributed by atoms with E-state index in [0.29, 0.717) is 0 Å². The van der Waals surface area contributed by atoms with Crippen molar-refractivity contribution in [2.75, 3.05) is 0 Å². The maximum absolute atomic E-state index is 2.28. The van der Waals surface area contributed by atoms with Crippen LogP contribution in [0.15, 0.2) is 170 Å². The lowest BCUT2D eigenvalue weighted by Crippen LogP contribution is -1.91. The summed E-state index contributed by atoms with van der Waals surface area (Å²) in [6.45, 7) is 0. The van der Waals surface area contributed by atoms with Gasteiger partial charge in [-0.1, -0.05) is 182 Å². The van der Waals surface area contributed by atoms with Crippen molar-refractivity contribution in [3.63, 3.8) is 0 Å². The first-order valence-corrected chi connectivity index (χ1v) is 15.2.